The van der Waals surface area contributed by atoms with Gasteiger partial charge in [0.1, 0.15) is 0 Å². The fourth-order valence-electron chi connectivity index (χ4n) is 2.23. The summed E-state index contributed by atoms with van der Waals surface area (Å²) in [5.41, 5.74) is 0. The molecule has 0 saturated carbocycles. The molecule has 1 heterocycles. The van der Waals surface area contributed by atoms with Crippen molar-refractivity contribution in [3.8, 4) is 12.3 Å². The Morgan fingerprint density at radius 3 is 2.93 bits per heavy atom. The summed E-state index contributed by atoms with van der Waals surface area (Å²) in [6.45, 7) is 7.85. The molecule has 2 atom stereocenters. The normalized spacial score (nSPS) is 25.5. The monoisotopic (exact) mass is 208 g/mol. The Morgan fingerprint density at radius 2 is 2.33 bits per heavy atom. The maximum atomic E-state index is 5.62. The van der Waals surface area contributed by atoms with Crippen LogP contribution in [-0.4, -0.2) is 36.6 Å². The van der Waals surface area contributed by atoms with E-state index in [0.29, 0.717) is 12.1 Å². The largest absolute Gasteiger partial charge is 0.313 e. The molecule has 15 heavy (non-hydrogen) atoms. The number of nitrogens with one attached hydrogen (secondary N) is 1. The topological polar surface area (TPSA) is 15.3 Å². The minimum Gasteiger partial charge on any atom is -0.313 e. The van der Waals surface area contributed by atoms with Gasteiger partial charge in [0.15, 0.2) is 0 Å². The zero-order chi connectivity index (χ0) is 11.1. The average Bonchev–Trinajstić information content (AvgIpc) is 2.51. The van der Waals surface area contributed by atoms with Gasteiger partial charge in [0.05, 0.1) is 6.04 Å². The van der Waals surface area contributed by atoms with Crippen LogP contribution < -0.4 is 5.32 Å². The van der Waals surface area contributed by atoms with Crippen LogP contribution in [0.25, 0.3) is 0 Å². The molecule has 1 fully saturated rings. The molecule has 0 aromatic carbocycles. The summed E-state index contributed by atoms with van der Waals surface area (Å²) in [6.07, 6.45) is 10.3. The van der Waals surface area contributed by atoms with Crippen LogP contribution in [0.15, 0.2) is 0 Å². The van der Waals surface area contributed by atoms with E-state index in [-0.39, 0.29) is 0 Å². The first-order valence-corrected chi connectivity index (χ1v) is 6.25. The first-order valence-electron chi connectivity index (χ1n) is 6.25. The molecule has 2 heteroatoms. The molecule has 0 amide bonds. The smallest absolute Gasteiger partial charge is 0.0712 e. The van der Waals surface area contributed by atoms with E-state index in [4.69, 9.17) is 6.42 Å². The standard InChI is InChI=1S/C13H24N2/c1-4-8-13(6-3)15-10-7-9-14-12(5-2)11-15/h3,12-14H,4-5,7-11H2,1-2H3. The van der Waals surface area contributed by atoms with Crippen molar-refractivity contribution in [3.05, 3.63) is 0 Å². The third kappa shape index (κ3) is 3.85. The first kappa shape index (κ1) is 12.5. The highest BCUT2D eigenvalue weighted by Crippen LogP contribution is 2.11. The predicted octanol–water partition coefficient (Wildman–Crippen LogP) is 1.86. The van der Waals surface area contributed by atoms with Crippen molar-refractivity contribution in [2.24, 2.45) is 0 Å². The van der Waals surface area contributed by atoms with Crippen LogP contribution in [0.1, 0.15) is 39.5 Å². The zero-order valence-electron chi connectivity index (χ0n) is 10.1. The SMILES string of the molecule is C#CC(CCC)N1CCCNC(CC)C1. The highest BCUT2D eigenvalue weighted by molar-refractivity contribution is 5.00. The van der Waals surface area contributed by atoms with E-state index in [0.717, 1.165) is 26.1 Å². The summed E-state index contributed by atoms with van der Waals surface area (Å²) in [4.78, 5) is 2.48. The summed E-state index contributed by atoms with van der Waals surface area (Å²) >= 11 is 0. The molecule has 2 nitrogen and oxygen atoms in total. The van der Waals surface area contributed by atoms with Gasteiger partial charge in [-0.2, -0.15) is 0 Å². The van der Waals surface area contributed by atoms with Gasteiger partial charge >= 0.3 is 0 Å². The number of hydrogen-bond acceptors (Lipinski definition) is 2. The quantitative estimate of drug-likeness (QED) is 0.710. The lowest BCUT2D eigenvalue weighted by Crippen LogP contribution is -2.41. The molecule has 1 aliphatic heterocycles. The average molecular weight is 208 g/mol. The van der Waals surface area contributed by atoms with Crippen LogP contribution in [0.3, 0.4) is 0 Å². The summed E-state index contributed by atoms with van der Waals surface area (Å²) in [6, 6.07) is 0.976. The fourth-order valence-corrected chi connectivity index (χ4v) is 2.23. The Hall–Kier alpha value is -0.520. The Labute approximate surface area is 94.4 Å². The van der Waals surface area contributed by atoms with Gasteiger partial charge in [-0.1, -0.05) is 26.2 Å². The molecular weight excluding hydrogens is 184 g/mol. The fraction of sp³-hybridized carbons (Fsp3) is 0.846. The molecule has 1 rings (SSSR count). The van der Waals surface area contributed by atoms with Crippen molar-refractivity contribution in [2.75, 3.05) is 19.6 Å². The number of terminal acetylenes is 1. The summed E-state index contributed by atoms with van der Waals surface area (Å²) in [5, 5.41) is 3.57. The number of nitrogens with zero attached hydrogens (tertiary/aromatic N) is 1. The second-order valence-electron chi connectivity index (χ2n) is 4.38. The highest BCUT2D eigenvalue weighted by atomic mass is 15.2. The third-order valence-corrected chi connectivity index (χ3v) is 3.20. The molecule has 0 bridgehead atoms. The molecule has 1 saturated heterocycles. The minimum atomic E-state index is 0.351. The van der Waals surface area contributed by atoms with Gasteiger partial charge in [-0.25, -0.2) is 0 Å². The Kier molecular flexibility index (Phi) is 5.75. The molecule has 1 N–H and O–H groups in total. The second-order valence-corrected chi connectivity index (χ2v) is 4.38. The zero-order valence-corrected chi connectivity index (χ0v) is 10.1. The van der Waals surface area contributed by atoms with Gasteiger partial charge in [-0.3, -0.25) is 4.90 Å². The van der Waals surface area contributed by atoms with Crippen molar-refractivity contribution >= 4 is 0 Å². The predicted molar refractivity (Wildman–Crippen MR) is 65.8 cm³/mol. The van der Waals surface area contributed by atoms with Gasteiger partial charge in [-0.15, -0.1) is 6.42 Å². The van der Waals surface area contributed by atoms with E-state index in [2.05, 4.69) is 30.0 Å². The van der Waals surface area contributed by atoms with Crippen molar-refractivity contribution in [1.82, 2.24) is 10.2 Å². The highest BCUT2D eigenvalue weighted by Gasteiger charge is 2.21. The van der Waals surface area contributed by atoms with Crippen LogP contribution in [0.4, 0.5) is 0 Å². The molecule has 0 aliphatic carbocycles. The van der Waals surface area contributed by atoms with Gasteiger partial charge in [0, 0.05) is 19.1 Å². The molecule has 1 aliphatic rings. The molecular formula is C13H24N2. The number of rotatable bonds is 4. The molecule has 0 radical (unpaired) electrons. The lowest BCUT2D eigenvalue weighted by atomic mass is 10.1. The van der Waals surface area contributed by atoms with Gasteiger partial charge in [0.2, 0.25) is 0 Å². The minimum absolute atomic E-state index is 0.351. The van der Waals surface area contributed by atoms with E-state index in [1.165, 1.54) is 19.3 Å². The first-order chi connectivity index (χ1) is 7.31. The third-order valence-electron chi connectivity index (χ3n) is 3.20. The van der Waals surface area contributed by atoms with Crippen LogP contribution in [-0.2, 0) is 0 Å². The molecule has 86 valence electrons. The summed E-state index contributed by atoms with van der Waals surface area (Å²) in [5.74, 6) is 2.94. The number of hydrogen-bond donors (Lipinski definition) is 1. The van der Waals surface area contributed by atoms with Crippen LogP contribution >= 0.6 is 0 Å². The van der Waals surface area contributed by atoms with Gasteiger partial charge in [-0.05, 0) is 25.8 Å². The molecule has 0 spiro atoms. The van der Waals surface area contributed by atoms with E-state index in [1.54, 1.807) is 0 Å². The van der Waals surface area contributed by atoms with Crippen molar-refractivity contribution < 1.29 is 0 Å². The summed E-state index contributed by atoms with van der Waals surface area (Å²) < 4.78 is 0. The molecule has 0 aromatic heterocycles. The van der Waals surface area contributed by atoms with Gasteiger partial charge in [0.25, 0.3) is 0 Å². The molecule has 0 aromatic rings. The van der Waals surface area contributed by atoms with Crippen LogP contribution in [0.2, 0.25) is 0 Å². The van der Waals surface area contributed by atoms with E-state index < -0.39 is 0 Å². The lowest BCUT2D eigenvalue weighted by Gasteiger charge is -2.28. The van der Waals surface area contributed by atoms with E-state index >= 15 is 0 Å². The van der Waals surface area contributed by atoms with Crippen molar-refractivity contribution in [2.45, 2.75) is 51.6 Å². The molecule has 2 unspecified atom stereocenters. The van der Waals surface area contributed by atoms with Crippen LogP contribution in [0, 0.1) is 12.3 Å². The van der Waals surface area contributed by atoms with E-state index in [1.807, 2.05) is 0 Å². The Morgan fingerprint density at radius 1 is 1.53 bits per heavy atom. The maximum Gasteiger partial charge on any atom is 0.0712 e. The van der Waals surface area contributed by atoms with Crippen molar-refractivity contribution in [3.63, 3.8) is 0 Å². The van der Waals surface area contributed by atoms with Crippen LogP contribution in [0.5, 0.6) is 0 Å². The second kappa shape index (κ2) is 6.87. The van der Waals surface area contributed by atoms with E-state index in [9.17, 15) is 0 Å². The maximum absolute atomic E-state index is 5.62. The van der Waals surface area contributed by atoms with Gasteiger partial charge < -0.3 is 5.32 Å². The summed E-state index contributed by atoms with van der Waals surface area (Å²) in [7, 11) is 0. The Bertz CT molecular complexity index is 207. The Balaban J connectivity index is 2.53. The lowest BCUT2D eigenvalue weighted by molar-refractivity contribution is 0.220. The van der Waals surface area contributed by atoms with Crippen molar-refractivity contribution in [1.29, 1.82) is 0 Å².